The molecule has 0 saturated heterocycles. The number of ether oxygens (including phenoxy) is 2. The maximum absolute atomic E-state index is 12.1. The molecule has 0 aliphatic rings. The quantitative estimate of drug-likeness (QED) is 0.552. The second-order valence-corrected chi connectivity index (χ2v) is 8.32. The van der Waals surface area contributed by atoms with Gasteiger partial charge in [0.05, 0.1) is 24.9 Å². The van der Waals surface area contributed by atoms with Crippen LogP contribution in [0.25, 0.3) is 17.0 Å². The lowest BCUT2D eigenvalue weighted by Gasteiger charge is -2.14. The summed E-state index contributed by atoms with van der Waals surface area (Å²) in [4.78, 5) is 26.3. The summed E-state index contributed by atoms with van der Waals surface area (Å²) in [7, 11) is 1.26. The fourth-order valence-electron chi connectivity index (χ4n) is 2.69. The summed E-state index contributed by atoms with van der Waals surface area (Å²) in [6.45, 7) is 5.91. The van der Waals surface area contributed by atoms with E-state index in [0.717, 1.165) is 0 Å². The average molecular weight is 454 g/mol. The second-order valence-electron chi connectivity index (χ2n) is 7.50. The molecule has 3 rings (SSSR count). The number of rotatable bonds is 5. The zero-order chi connectivity index (χ0) is 22.1. The van der Waals surface area contributed by atoms with Gasteiger partial charge in [0.1, 0.15) is 11.6 Å². The first-order valence-electron chi connectivity index (χ1n) is 9.05. The normalized spacial score (nSPS) is 11.5. The number of carbonyl (C=O) groups excluding carboxylic acids is 2. The summed E-state index contributed by atoms with van der Waals surface area (Å²) in [6.07, 6.45) is -0.770. The van der Waals surface area contributed by atoms with Crippen LogP contribution in [0.2, 0.25) is 10.0 Å². The molecule has 9 nitrogen and oxygen atoms in total. The third kappa shape index (κ3) is 4.68. The third-order valence-electron chi connectivity index (χ3n) is 4.19. The summed E-state index contributed by atoms with van der Waals surface area (Å²) in [5.41, 5.74) is 1.93. The minimum absolute atomic E-state index is 0.0403. The van der Waals surface area contributed by atoms with Crippen molar-refractivity contribution in [2.24, 2.45) is 0 Å². The zero-order valence-electron chi connectivity index (χ0n) is 16.9. The molecule has 0 radical (unpaired) electrons. The number of aromatic nitrogens is 4. The number of halogens is 2. The average Bonchev–Trinajstić information content (AvgIpc) is 3.22. The van der Waals surface area contributed by atoms with E-state index in [0.29, 0.717) is 38.5 Å². The molecule has 2 aromatic heterocycles. The second kappa shape index (κ2) is 8.53. The van der Waals surface area contributed by atoms with E-state index in [4.69, 9.17) is 27.9 Å². The Labute approximate surface area is 182 Å². The van der Waals surface area contributed by atoms with Crippen LogP contribution in [0, 0.1) is 0 Å². The number of aromatic amines is 1. The summed E-state index contributed by atoms with van der Waals surface area (Å²) in [6, 6.07) is 4.88. The summed E-state index contributed by atoms with van der Waals surface area (Å²) in [5, 5.41) is 12.4. The Kier molecular flexibility index (Phi) is 6.23. The molecule has 0 aliphatic carbocycles. The molecule has 2 heterocycles. The molecule has 0 saturated carbocycles. The number of amides is 1. The molecule has 0 atom stereocenters. The fraction of sp³-hybridized carbons (Fsp3) is 0.368. The van der Waals surface area contributed by atoms with Crippen LogP contribution in [0.3, 0.4) is 0 Å². The van der Waals surface area contributed by atoms with Crippen LogP contribution in [-0.4, -0.2) is 45.6 Å². The molecule has 0 bridgehead atoms. The maximum Gasteiger partial charge on any atom is 0.411 e. The van der Waals surface area contributed by atoms with Crippen molar-refractivity contribution in [3.63, 3.8) is 0 Å². The number of nitrogens with zero attached hydrogens (tertiary/aromatic N) is 3. The smallest absolute Gasteiger partial charge is 0.411 e. The van der Waals surface area contributed by atoms with E-state index in [1.54, 1.807) is 18.2 Å². The number of carbonyl (C=O) groups is 2. The van der Waals surface area contributed by atoms with Gasteiger partial charge in [-0.1, -0.05) is 44.0 Å². The molecule has 2 N–H and O–H groups in total. The lowest BCUT2D eigenvalue weighted by molar-refractivity contribution is -0.141. The van der Waals surface area contributed by atoms with Crippen LogP contribution in [0.5, 0.6) is 0 Å². The topological polar surface area (TPSA) is 111 Å². The largest absolute Gasteiger partial charge is 0.469 e. The van der Waals surface area contributed by atoms with E-state index in [2.05, 4.69) is 25.2 Å². The van der Waals surface area contributed by atoms with E-state index in [9.17, 15) is 9.59 Å². The van der Waals surface area contributed by atoms with Crippen molar-refractivity contribution < 1.29 is 19.1 Å². The Bertz CT molecular complexity index is 1100. The molecule has 0 spiro atoms. The van der Waals surface area contributed by atoms with Crippen molar-refractivity contribution in [2.45, 2.75) is 32.6 Å². The number of nitrogens with one attached hydrogen (secondary N) is 2. The highest BCUT2D eigenvalue weighted by Crippen LogP contribution is 2.34. The highest BCUT2D eigenvalue weighted by atomic mass is 35.5. The molecule has 11 heteroatoms. The van der Waals surface area contributed by atoms with Gasteiger partial charge in [-0.2, -0.15) is 5.10 Å². The zero-order valence-corrected chi connectivity index (χ0v) is 18.4. The first kappa shape index (κ1) is 21.9. The predicted molar refractivity (Wildman–Crippen MR) is 113 cm³/mol. The van der Waals surface area contributed by atoms with Gasteiger partial charge in [0.2, 0.25) is 0 Å². The van der Waals surface area contributed by atoms with Crippen LogP contribution in [0.1, 0.15) is 32.9 Å². The van der Waals surface area contributed by atoms with Gasteiger partial charge >= 0.3 is 12.1 Å². The van der Waals surface area contributed by atoms with Gasteiger partial charge in [-0.05, 0) is 18.2 Å². The van der Waals surface area contributed by atoms with Crippen molar-refractivity contribution in [2.75, 3.05) is 19.0 Å². The van der Waals surface area contributed by atoms with Crippen LogP contribution < -0.4 is 5.32 Å². The summed E-state index contributed by atoms with van der Waals surface area (Å²) in [5.74, 6) is -0.0624. The highest BCUT2D eigenvalue weighted by Gasteiger charge is 2.25. The molecule has 1 amide bonds. The molecule has 160 valence electrons. The van der Waals surface area contributed by atoms with Crippen LogP contribution >= 0.6 is 23.2 Å². The standard InChI is InChI=1S/C19H21Cl2N5O4/c1-19(2,3)15-14(21)17-23-16(25-26(17)24-15)11-9-10(20)5-6-12(11)22-18(28)30-8-7-13(27)29-4/h5-6,9H,7-8H2,1-4H3,(H,22,28)(H,23,25). The number of fused-ring (bicyclic) bond motifs is 1. The van der Waals surface area contributed by atoms with E-state index in [-0.39, 0.29) is 18.4 Å². The monoisotopic (exact) mass is 453 g/mol. The van der Waals surface area contributed by atoms with E-state index < -0.39 is 12.1 Å². The lowest BCUT2D eigenvalue weighted by Crippen LogP contribution is -2.17. The van der Waals surface area contributed by atoms with Gasteiger partial charge in [-0.3, -0.25) is 10.1 Å². The number of hydrogen-bond acceptors (Lipinski definition) is 6. The number of anilines is 1. The minimum Gasteiger partial charge on any atom is -0.469 e. The van der Waals surface area contributed by atoms with E-state index in [1.165, 1.54) is 11.7 Å². The predicted octanol–water partition coefficient (Wildman–Crippen LogP) is 4.44. The number of benzene rings is 1. The molecule has 0 unspecified atom stereocenters. The Hall–Kier alpha value is -2.78. The Morgan fingerprint density at radius 3 is 2.60 bits per heavy atom. The van der Waals surface area contributed by atoms with Crippen LogP contribution in [0.4, 0.5) is 10.5 Å². The van der Waals surface area contributed by atoms with Crippen molar-refractivity contribution in [3.05, 3.63) is 33.9 Å². The third-order valence-corrected chi connectivity index (χ3v) is 4.79. The number of methoxy groups -OCH3 is 1. The lowest BCUT2D eigenvalue weighted by atomic mass is 9.92. The summed E-state index contributed by atoms with van der Waals surface area (Å²) >= 11 is 12.6. The molecule has 3 aromatic rings. The molecular weight excluding hydrogens is 433 g/mol. The molecule has 1 aromatic carbocycles. The maximum atomic E-state index is 12.1. The van der Waals surface area contributed by atoms with Crippen LogP contribution in [0.15, 0.2) is 18.2 Å². The van der Waals surface area contributed by atoms with Crippen LogP contribution in [-0.2, 0) is 19.7 Å². The van der Waals surface area contributed by atoms with Crippen molar-refractivity contribution >= 4 is 46.6 Å². The van der Waals surface area contributed by atoms with Crippen molar-refractivity contribution in [1.82, 2.24) is 19.8 Å². The molecule has 0 aliphatic heterocycles. The van der Waals surface area contributed by atoms with Gasteiger partial charge in [0, 0.05) is 16.0 Å². The molecule has 0 fully saturated rings. The summed E-state index contributed by atoms with van der Waals surface area (Å²) < 4.78 is 10.9. The Morgan fingerprint density at radius 2 is 1.97 bits per heavy atom. The first-order valence-corrected chi connectivity index (χ1v) is 9.81. The van der Waals surface area contributed by atoms with Gasteiger partial charge in [0.15, 0.2) is 11.5 Å². The Morgan fingerprint density at radius 1 is 1.23 bits per heavy atom. The molecule has 30 heavy (non-hydrogen) atoms. The highest BCUT2D eigenvalue weighted by molar-refractivity contribution is 6.34. The first-order chi connectivity index (χ1) is 14.1. The van der Waals surface area contributed by atoms with Gasteiger partial charge in [0.25, 0.3) is 0 Å². The fourth-order valence-corrected chi connectivity index (χ4v) is 3.31. The number of esters is 1. The van der Waals surface area contributed by atoms with E-state index in [1.807, 2.05) is 20.8 Å². The molecular formula is C19H21Cl2N5O4. The van der Waals surface area contributed by atoms with Gasteiger partial charge < -0.3 is 14.5 Å². The van der Waals surface area contributed by atoms with Gasteiger partial charge in [-0.25, -0.2) is 4.79 Å². The van der Waals surface area contributed by atoms with Crippen molar-refractivity contribution in [3.8, 4) is 11.4 Å². The minimum atomic E-state index is -0.730. The number of hydrogen-bond donors (Lipinski definition) is 2. The van der Waals surface area contributed by atoms with Gasteiger partial charge in [-0.15, -0.1) is 9.73 Å². The van der Waals surface area contributed by atoms with Crippen molar-refractivity contribution in [1.29, 1.82) is 0 Å². The number of H-pyrrole nitrogens is 1. The SMILES string of the molecule is COC(=O)CCOC(=O)Nc1ccc(Cl)cc1-c1nn2nc(C(C)(C)C)c(Cl)c2[nH]1. The Balaban J connectivity index is 1.86. The van der Waals surface area contributed by atoms with E-state index >= 15 is 0 Å².